The summed E-state index contributed by atoms with van der Waals surface area (Å²) in [6, 6.07) is 9.53. The van der Waals surface area contributed by atoms with Gasteiger partial charge in [-0.05, 0) is 71.3 Å². The quantitative estimate of drug-likeness (QED) is 0.266. The van der Waals surface area contributed by atoms with Crippen LogP contribution in [-0.4, -0.2) is 51.9 Å². The minimum atomic E-state index is -2.87. The van der Waals surface area contributed by atoms with Crippen LogP contribution >= 0.6 is 22.6 Å². The molecule has 2 aromatic carbocycles. The number of benzene rings is 2. The summed E-state index contributed by atoms with van der Waals surface area (Å²) in [6.45, 7) is 0. The number of aliphatic hydroxyl groups is 1. The molecule has 2 heterocycles. The van der Waals surface area contributed by atoms with Crippen LogP contribution in [0.5, 0.6) is 0 Å². The smallest absolute Gasteiger partial charge is 0.257 e. The van der Waals surface area contributed by atoms with Crippen LogP contribution in [0.1, 0.15) is 49.3 Å². The fraction of sp³-hybridized carbons (Fsp3) is 0.323. The number of carbonyl (C=O) groups excluding carboxylic acids is 3. The average Bonchev–Trinajstić information content (AvgIpc) is 3.30. The van der Waals surface area contributed by atoms with Crippen molar-refractivity contribution in [1.82, 2.24) is 10.3 Å². The van der Waals surface area contributed by atoms with Crippen molar-refractivity contribution < 1.29 is 37.1 Å². The summed E-state index contributed by atoms with van der Waals surface area (Å²) in [5.41, 5.74) is 0.00869. The normalized spacial score (nSPS) is 20.4. The number of halogens is 5. The first kappa shape index (κ1) is 32.3. The Morgan fingerprint density at radius 3 is 2.42 bits per heavy atom. The molecule has 1 aromatic heterocycles. The number of rotatable bonds is 7. The van der Waals surface area contributed by atoms with Gasteiger partial charge in [-0.25, -0.2) is 22.5 Å². The van der Waals surface area contributed by atoms with Crippen LogP contribution in [0, 0.1) is 26.5 Å². The number of anilines is 2. The highest BCUT2D eigenvalue weighted by atomic mass is 127. The molecule has 1 aliphatic carbocycles. The number of alkyl halides is 2. The van der Waals surface area contributed by atoms with E-state index in [-0.39, 0.29) is 35.5 Å². The summed E-state index contributed by atoms with van der Waals surface area (Å²) in [5.74, 6) is -7.79. The number of nitrogens with zero attached hydrogens (tertiary/aromatic N) is 4. The number of hydrogen-bond donors (Lipinski definition) is 2. The SMILES string of the molecule is N#Cc1ccnc(N2C(=O)[C@@H](O)C[C@H]2C(=O)N(c2cc(F)cc(F)c2)[C@H](C(=O)NC2CCC(F)(F)CC2)c2ccccc2I)c1. The number of hydrogen-bond acceptors (Lipinski definition) is 6. The molecule has 234 valence electrons. The lowest BCUT2D eigenvalue weighted by atomic mass is 9.91. The zero-order chi connectivity index (χ0) is 32.5. The van der Waals surface area contributed by atoms with Crippen LogP contribution in [0.2, 0.25) is 0 Å². The zero-order valence-corrected chi connectivity index (χ0v) is 25.6. The minimum Gasteiger partial charge on any atom is -0.383 e. The lowest BCUT2D eigenvalue weighted by Gasteiger charge is -2.37. The van der Waals surface area contributed by atoms with Crippen molar-refractivity contribution in [3.8, 4) is 6.07 Å². The average molecular weight is 735 g/mol. The molecule has 3 atom stereocenters. The van der Waals surface area contributed by atoms with Gasteiger partial charge in [0.05, 0.1) is 17.3 Å². The van der Waals surface area contributed by atoms with Gasteiger partial charge in [-0.15, -0.1) is 0 Å². The zero-order valence-electron chi connectivity index (χ0n) is 23.5. The van der Waals surface area contributed by atoms with Gasteiger partial charge in [0.15, 0.2) is 0 Å². The van der Waals surface area contributed by atoms with Crippen LogP contribution in [0.3, 0.4) is 0 Å². The topological polar surface area (TPSA) is 127 Å². The second kappa shape index (κ2) is 13.1. The summed E-state index contributed by atoms with van der Waals surface area (Å²) in [6.07, 6.45) is -1.84. The van der Waals surface area contributed by atoms with Crippen molar-refractivity contribution in [3.63, 3.8) is 0 Å². The van der Waals surface area contributed by atoms with Crippen LogP contribution < -0.4 is 15.1 Å². The molecule has 0 spiro atoms. The van der Waals surface area contributed by atoms with E-state index < -0.39 is 78.8 Å². The maximum absolute atomic E-state index is 14.7. The molecule has 0 bridgehead atoms. The second-order valence-electron chi connectivity index (χ2n) is 10.9. The summed E-state index contributed by atoms with van der Waals surface area (Å²) < 4.78 is 57.6. The predicted molar refractivity (Wildman–Crippen MR) is 162 cm³/mol. The van der Waals surface area contributed by atoms with Gasteiger partial charge in [0.25, 0.3) is 11.8 Å². The molecule has 45 heavy (non-hydrogen) atoms. The van der Waals surface area contributed by atoms with Crippen LogP contribution in [-0.2, 0) is 14.4 Å². The van der Waals surface area contributed by atoms with E-state index in [1.807, 2.05) is 28.7 Å². The lowest BCUT2D eigenvalue weighted by molar-refractivity contribution is -0.128. The van der Waals surface area contributed by atoms with E-state index in [0.717, 1.165) is 21.9 Å². The number of pyridine rings is 1. The van der Waals surface area contributed by atoms with Crippen LogP contribution in [0.15, 0.2) is 60.8 Å². The van der Waals surface area contributed by atoms with E-state index in [2.05, 4.69) is 10.3 Å². The van der Waals surface area contributed by atoms with Crippen molar-refractivity contribution in [3.05, 3.63) is 87.1 Å². The van der Waals surface area contributed by atoms with Crippen molar-refractivity contribution in [2.24, 2.45) is 0 Å². The second-order valence-corrected chi connectivity index (χ2v) is 12.1. The van der Waals surface area contributed by atoms with E-state index in [1.165, 1.54) is 18.3 Å². The molecule has 1 saturated carbocycles. The summed E-state index contributed by atoms with van der Waals surface area (Å²) >= 11 is 1.94. The highest BCUT2D eigenvalue weighted by molar-refractivity contribution is 14.1. The van der Waals surface area contributed by atoms with Crippen molar-refractivity contribution in [2.45, 2.75) is 62.3 Å². The number of aliphatic hydroxyl groups excluding tert-OH is 1. The van der Waals surface area contributed by atoms with Gasteiger partial charge in [-0.1, -0.05) is 18.2 Å². The molecule has 0 radical (unpaired) electrons. The predicted octanol–water partition coefficient (Wildman–Crippen LogP) is 4.77. The largest absolute Gasteiger partial charge is 0.383 e. The Morgan fingerprint density at radius 2 is 1.78 bits per heavy atom. The molecule has 1 aliphatic heterocycles. The van der Waals surface area contributed by atoms with Gasteiger partial charge >= 0.3 is 0 Å². The third kappa shape index (κ3) is 6.94. The van der Waals surface area contributed by atoms with Gasteiger partial charge in [0.2, 0.25) is 11.8 Å². The summed E-state index contributed by atoms with van der Waals surface area (Å²) in [4.78, 5) is 47.7. The highest BCUT2D eigenvalue weighted by Gasteiger charge is 2.48. The molecule has 5 rings (SSSR count). The first-order chi connectivity index (χ1) is 21.4. The third-order valence-electron chi connectivity index (χ3n) is 7.82. The van der Waals surface area contributed by atoms with Crippen LogP contribution in [0.25, 0.3) is 0 Å². The first-order valence-electron chi connectivity index (χ1n) is 14.0. The molecule has 2 aliphatic rings. The summed E-state index contributed by atoms with van der Waals surface area (Å²) in [7, 11) is 0. The van der Waals surface area contributed by atoms with E-state index >= 15 is 0 Å². The fourth-order valence-electron chi connectivity index (χ4n) is 5.64. The number of nitrogens with one attached hydrogen (secondary N) is 1. The van der Waals surface area contributed by atoms with Gasteiger partial charge in [0.1, 0.15) is 35.6 Å². The summed E-state index contributed by atoms with van der Waals surface area (Å²) in [5, 5.41) is 22.7. The Balaban J connectivity index is 1.63. The number of nitriles is 1. The fourth-order valence-corrected chi connectivity index (χ4v) is 6.32. The van der Waals surface area contributed by atoms with E-state index in [4.69, 9.17) is 0 Å². The molecule has 2 N–H and O–H groups in total. The van der Waals surface area contributed by atoms with Crippen LogP contribution in [0.4, 0.5) is 29.1 Å². The number of carbonyl (C=O) groups is 3. The molecule has 9 nitrogen and oxygen atoms in total. The molecule has 2 fully saturated rings. The number of aromatic nitrogens is 1. The standard InChI is InChI=1S/C31H26F4IN5O4/c32-18-12-19(33)14-21(13-18)40(29(44)24-15-25(42)30(45)41(24)26-11-17(16-37)7-10-38-26)27(22-3-1-2-4-23(22)36)28(43)39-20-5-8-31(34,35)9-6-20/h1-4,7,10-14,20,24-25,27,42H,5-6,8-9,15H2,(H,39,43)/t24-,25-,27-/m0/s1. The molecule has 0 unspecified atom stereocenters. The Kier molecular flexibility index (Phi) is 9.40. The van der Waals surface area contributed by atoms with Gasteiger partial charge in [0, 0.05) is 41.1 Å². The maximum Gasteiger partial charge on any atom is 0.257 e. The Labute approximate surface area is 269 Å². The molecular formula is C31H26F4IN5O4. The molecule has 3 aromatic rings. The Bertz CT molecular complexity index is 1660. The van der Waals surface area contributed by atoms with E-state index in [9.17, 15) is 42.3 Å². The third-order valence-corrected chi connectivity index (χ3v) is 8.80. The van der Waals surface area contributed by atoms with E-state index in [0.29, 0.717) is 9.64 Å². The monoisotopic (exact) mass is 735 g/mol. The molecule has 1 saturated heterocycles. The maximum atomic E-state index is 14.7. The van der Waals surface area contributed by atoms with Crippen molar-refractivity contribution in [2.75, 3.05) is 9.80 Å². The number of amides is 3. The lowest BCUT2D eigenvalue weighted by Crippen LogP contribution is -2.53. The van der Waals surface area contributed by atoms with Crippen molar-refractivity contribution >= 4 is 51.8 Å². The van der Waals surface area contributed by atoms with Gasteiger partial charge in [-0.3, -0.25) is 24.2 Å². The molecule has 14 heteroatoms. The Morgan fingerprint density at radius 1 is 1.11 bits per heavy atom. The Hall–Kier alpha value is -4.10. The van der Waals surface area contributed by atoms with Gasteiger partial charge < -0.3 is 10.4 Å². The van der Waals surface area contributed by atoms with Crippen molar-refractivity contribution in [1.29, 1.82) is 5.26 Å². The minimum absolute atomic E-state index is 0.0299. The molecule has 3 amide bonds. The molecular weight excluding hydrogens is 709 g/mol. The first-order valence-corrected chi connectivity index (χ1v) is 15.1. The van der Waals surface area contributed by atoms with E-state index in [1.54, 1.807) is 24.3 Å². The van der Waals surface area contributed by atoms with Gasteiger partial charge in [-0.2, -0.15) is 5.26 Å². The highest BCUT2D eigenvalue weighted by Crippen LogP contribution is 2.37.